The minimum Gasteiger partial charge on any atom is -0.487 e. The summed E-state index contributed by atoms with van der Waals surface area (Å²) in [6, 6.07) is 7.55. The van der Waals surface area contributed by atoms with Crippen LogP contribution in [0.4, 0.5) is 15.8 Å². The van der Waals surface area contributed by atoms with Crippen molar-refractivity contribution in [2.24, 2.45) is 0 Å². The first-order chi connectivity index (χ1) is 15.9. The topological polar surface area (TPSA) is 124 Å². The lowest BCUT2D eigenvalue weighted by atomic mass is 10.0. The number of hydrogen-bond donors (Lipinski definition) is 3. The van der Waals surface area contributed by atoms with Gasteiger partial charge in [0, 0.05) is 19.3 Å². The van der Waals surface area contributed by atoms with Gasteiger partial charge in [0.15, 0.2) is 11.6 Å². The van der Waals surface area contributed by atoms with Crippen LogP contribution in [0.25, 0.3) is 21.9 Å². The van der Waals surface area contributed by atoms with E-state index in [1.807, 2.05) is 35.8 Å². The highest BCUT2D eigenvalue weighted by molar-refractivity contribution is 6.03. The number of aryl methyl sites for hydroxylation is 1. The van der Waals surface area contributed by atoms with E-state index in [4.69, 9.17) is 10.5 Å². The number of anilines is 2. The average molecular weight is 451 g/mol. The number of ether oxygens (including phenoxy) is 1. The number of fused-ring (bicyclic) bond motifs is 1. The molecule has 3 heterocycles. The summed E-state index contributed by atoms with van der Waals surface area (Å²) >= 11 is 0. The van der Waals surface area contributed by atoms with Gasteiger partial charge in [-0.2, -0.15) is 0 Å². The zero-order valence-electron chi connectivity index (χ0n) is 17.8. The predicted molar refractivity (Wildman–Crippen MR) is 123 cm³/mol. The van der Waals surface area contributed by atoms with E-state index in [0.717, 1.165) is 11.0 Å². The molecule has 10 heteroatoms. The summed E-state index contributed by atoms with van der Waals surface area (Å²) in [7, 11) is 0. The Morgan fingerprint density at radius 2 is 2.18 bits per heavy atom. The lowest BCUT2D eigenvalue weighted by Crippen LogP contribution is -2.28. The number of rotatable bonds is 6. The highest BCUT2D eigenvalue weighted by Gasteiger charge is 2.30. The minimum atomic E-state index is -1.39. The number of hydrogen-bond acceptors (Lipinski definition) is 6. The van der Waals surface area contributed by atoms with Gasteiger partial charge in [-0.05, 0) is 25.5 Å². The van der Waals surface area contributed by atoms with Crippen LogP contribution >= 0.6 is 0 Å². The van der Waals surface area contributed by atoms with Gasteiger partial charge in [-0.25, -0.2) is 14.2 Å². The van der Waals surface area contributed by atoms with E-state index in [2.05, 4.69) is 10.3 Å². The number of pyridine rings is 1. The van der Waals surface area contributed by atoms with Crippen molar-refractivity contribution < 1.29 is 19.0 Å². The van der Waals surface area contributed by atoms with Crippen molar-refractivity contribution >= 4 is 39.3 Å². The molecule has 0 saturated carbocycles. The standard InChI is InChI=1S/C23H22FN5O4/c1-12-10-33-22-19(26-7-4-8-28-11-27-14-5-2-3-6-15(14)28)17(24)18(25)16-20(22)29(12)9-13(21(16)30)23(31)32/h2-3,5-6,9,11-12,26H,4,7-8,10,25H2,1H3,(H,31,32)/t12-/m1/s1. The number of carboxylic acid groups (broad SMARTS) is 1. The summed E-state index contributed by atoms with van der Waals surface area (Å²) in [5.41, 5.74) is 6.62. The van der Waals surface area contributed by atoms with Gasteiger partial charge in [0.1, 0.15) is 17.9 Å². The van der Waals surface area contributed by atoms with Crippen molar-refractivity contribution in [3.05, 3.63) is 58.4 Å². The number of nitrogens with two attached hydrogens (primary N) is 1. The van der Waals surface area contributed by atoms with Gasteiger partial charge in [0.2, 0.25) is 5.43 Å². The molecule has 0 fully saturated rings. The van der Waals surface area contributed by atoms with Gasteiger partial charge < -0.3 is 30.0 Å². The van der Waals surface area contributed by atoms with Crippen LogP contribution in [-0.4, -0.2) is 38.3 Å². The number of aromatic nitrogens is 3. The Morgan fingerprint density at radius 1 is 1.39 bits per heavy atom. The van der Waals surface area contributed by atoms with Gasteiger partial charge in [-0.1, -0.05) is 12.1 Å². The lowest BCUT2D eigenvalue weighted by molar-refractivity contribution is 0.0694. The summed E-state index contributed by atoms with van der Waals surface area (Å²) in [6.07, 6.45) is 3.71. The summed E-state index contributed by atoms with van der Waals surface area (Å²) in [5, 5.41) is 12.3. The molecule has 1 aliphatic heterocycles. The minimum absolute atomic E-state index is 0.0682. The number of halogens is 1. The molecular formula is C23H22FN5O4. The molecule has 0 amide bonds. The van der Waals surface area contributed by atoms with Crippen LogP contribution in [0, 0.1) is 5.82 Å². The van der Waals surface area contributed by atoms with Crippen molar-refractivity contribution in [2.75, 3.05) is 24.2 Å². The molecule has 4 aromatic rings. The van der Waals surface area contributed by atoms with Gasteiger partial charge in [0.05, 0.1) is 40.0 Å². The van der Waals surface area contributed by atoms with Crippen LogP contribution in [0.3, 0.4) is 0 Å². The Bertz CT molecular complexity index is 1480. The van der Waals surface area contributed by atoms with Crippen LogP contribution in [-0.2, 0) is 6.54 Å². The Morgan fingerprint density at radius 3 is 2.97 bits per heavy atom. The van der Waals surface area contributed by atoms with Crippen molar-refractivity contribution in [1.29, 1.82) is 0 Å². The van der Waals surface area contributed by atoms with E-state index in [0.29, 0.717) is 25.0 Å². The summed E-state index contributed by atoms with van der Waals surface area (Å²) in [6.45, 7) is 3.10. The first kappa shape index (κ1) is 20.8. The molecule has 0 unspecified atom stereocenters. The third-order valence-electron chi connectivity index (χ3n) is 5.98. The van der Waals surface area contributed by atoms with E-state index in [1.165, 1.54) is 6.20 Å². The second-order valence-electron chi connectivity index (χ2n) is 8.11. The zero-order chi connectivity index (χ0) is 23.3. The summed E-state index contributed by atoms with van der Waals surface area (Å²) < 4.78 is 24.7. The van der Waals surface area contributed by atoms with Gasteiger partial charge in [0.25, 0.3) is 0 Å². The molecular weight excluding hydrogens is 429 g/mol. The molecule has 2 aromatic heterocycles. The van der Waals surface area contributed by atoms with E-state index in [-0.39, 0.29) is 29.5 Å². The van der Waals surface area contributed by atoms with Crippen molar-refractivity contribution in [2.45, 2.75) is 25.9 Å². The molecule has 170 valence electrons. The Labute approximate surface area is 187 Å². The first-order valence-corrected chi connectivity index (χ1v) is 10.6. The van der Waals surface area contributed by atoms with Crippen molar-refractivity contribution in [3.63, 3.8) is 0 Å². The molecule has 0 aliphatic carbocycles. The van der Waals surface area contributed by atoms with E-state index < -0.39 is 28.5 Å². The van der Waals surface area contributed by atoms with Crippen LogP contribution in [0.15, 0.2) is 41.6 Å². The third-order valence-corrected chi connectivity index (χ3v) is 5.98. The number of aromatic carboxylic acids is 1. The Balaban J connectivity index is 1.49. The molecule has 33 heavy (non-hydrogen) atoms. The largest absolute Gasteiger partial charge is 0.487 e. The number of benzene rings is 2. The molecule has 4 N–H and O–H groups in total. The fourth-order valence-corrected chi connectivity index (χ4v) is 4.31. The molecule has 9 nitrogen and oxygen atoms in total. The molecule has 1 aliphatic rings. The predicted octanol–water partition coefficient (Wildman–Crippen LogP) is 3.23. The molecule has 0 radical (unpaired) electrons. The van der Waals surface area contributed by atoms with E-state index in [1.54, 1.807) is 10.9 Å². The van der Waals surface area contributed by atoms with Gasteiger partial charge in [-0.3, -0.25) is 4.79 Å². The number of para-hydroxylation sites is 2. The quantitative estimate of drug-likeness (QED) is 0.304. The highest BCUT2D eigenvalue weighted by atomic mass is 19.1. The van der Waals surface area contributed by atoms with Gasteiger partial charge in [-0.15, -0.1) is 0 Å². The zero-order valence-corrected chi connectivity index (χ0v) is 17.8. The molecule has 5 rings (SSSR count). The molecule has 0 bridgehead atoms. The van der Waals surface area contributed by atoms with Crippen LogP contribution in [0.5, 0.6) is 5.75 Å². The Kier molecular flexibility index (Phi) is 4.92. The number of carboxylic acids is 1. The maximum Gasteiger partial charge on any atom is 0.341 e. The molecule has 2 aromatic carbocycles. The normalized spacial score (nSPS) is 15.0. The maximum absolute atomic E-state index is 15.3. The monoisotopic (exact) mass is 451 g/mol. The SMILES string of the molecule is C[C@@H]1COc2c(NCCCn3cnc4ccccc43)c(F)c(N)c3c(=O)c(C(=O)O)cn1c23. The first-order valence-electron chi connectivity index (χ1n) is 10.6. The van der Waals surface area contributed by atoms with Gasteiger partial charge >= 0.3 is 5.97 Å². The van der Waals surface area contributed by atoms with Crippen molar-refractivity contribution in [3.8, 4) is 5.75 Å². The second kappa shape index (κ2) is 7.80. The van der Waals surface area contributed by atoms with Crippen molar-refractivity contribution in [1.82, 2.24) is 14.1 Å². The number of nitrogens with one attached hydrogen (secondary N) is 1. The third kappa shape index (κ3) is 3.25. The lowest BCUT2D eigenvalue weighted by Gasteiger charge is -2.29. The van der Waals surface area contributed by atoms with Crippen LogP contribution in [0.1, 0.15) is 29.7 Å². The van der Waals surface area contributed by atoms with Crippen LogP contribution in [0.2, 0.25) is 0 Å². The fraction of sp³-hybridized carbons (Fsp3) is 0.261. The highest BCUT2D eigenvalue weighted by Crippen LogP contribution is 2.43. The molecule has 0 spiro atoms. The molecule has 0 saturated heterocycles. The van der Waals surface area contributed by atoms with Crippen LogP contribution < -0.4 is 21.2 Å². The Hall–Kier alpha value is -4.08. The summed E-state index contributed by atoms with van der Waals surface area (Å²) in [5.74, 6) is -2.05. The fourth-order valence-electron chi connectivity index (χ4n) is 4.31. The number of nitrogens with zero attached hydrogens (tertiary/aromatic N) is 3. The average Bonchev–Trinajstić information content (AvgIpc) is 3.21. The van der Waals surface area contributed by atoms with E-state index in [9.17, 15) is 14.7 Å². The summed E-state index contributed by atoms with van der Waals surface area (Å²) in [4.78, 5) is 28.7. The maximum atomic E-state index is 15.3. The number of nitrogen functional groups attached to an aromatic ring is 1. The number of imidazole rings is 1. The second-order valence-corrected chi connectivity index (χ2v) is 8.11. The van der Waals surface area contributed by atoms with E-state index >= 15 is 4.39 Å². The molecule has 1 atom stereocenters. The smallest absolute Gasteiger partial charge is 0.341 e. The number of carbonyl (C=O) groups is 1.